The summed E-state index contributed by atoms with van der Waals surface area (Å²) >= 11 is 0. The fraction of sp³-hybridized carbons (Fsp3) is 0.500. The van der Waals surface area contributed by atoms with E-state index >= 15 is 0 Å². The molecule has 0 bridgehead atoms. The number of benzene rings is 1. The molecule has 0 aliphatic carbocycles. The van der Waals surface area contributed by atoms with Crippen molar-refractivity contribution in [1.29, 1.82) is 0 Å². The van der Waals surface area contributed by atoms with Crippen LogP contribution in [0, 0.1) is 0 Å². The highest BCUT2D eigenvalue weighted by atomic mass is 16.4. The summed E-state index contributed by atoms with van der Waals surface area (Å²) in [5, 5.41) is 24.4. The van der Waals surface area contributed by atoms with Gasteiger partial charge in [-0.2, -0.15) is 0 Å². The minimum absolute atomic E-state index is 0.103. The van der Waals surface area contributed by atoms with Gasteiger partial charge in [-0.25, -0.2) is 0 Å². The zero-order valence-corrected chi connectivity index (χ0v) is 11.6. The minimum atomic E-state index is -0.218. The monoisotopic (exact) mass is 265 g/mol. The maximum Gasteiger partial charge on any atom is 0.170 e. The van der Waals surface area contributed by atoms with Crippen molar-refractivity contribution in [3.63, 3.8) is 0 Å². The Hall–Kier alpha value is -1.59. The van der Waals surface area contributed by atoms with Crippen LogP contribution in [0.15, 0.2) is 29.4 Å². The summed E-state index contributed by atoms with van der Waals surface area (Å²) in [6.45, 7) is 4.93. The van der Waals surface area contributed by atoms with Gasteiger partial charge in [-0.3, -0.25) is 0 Å². The summed E-state index contributed by atoms with van der Waals surface area (Å²) in [6.07, 6.45) is 1.75. The Kier molecular flexibility index (Phi) is 5.79. The van der Waals surface area contributed by atoms with E-state index in [0.29, 0.717) is 12.1 Å². The third-order valence-electron chi connectivity index (χ3n) is 3.68. The molecular formula is C14H23N3O2. The highest BCUT2D eigenvalue weighted by Crippen LogP contribution is 2.15. The molecule has 0 saturated heterocycles. The van der Waals surface area contributed by atoms with Crippen molar-refractivity contribution in [2.75, 3.05) is 6.61 Å². The second kappa shape index (κ2) is 7.11. The molecule has 0 aromatic heterocycles. The van der Waals surface area contributed by atoms with Crippen molar-refractivity contribution in [2.24, 2.45) is 10.9 Å². The number of aliphatic hydroxyl groups excluding tert-OH is 1. The number of amidine groups is 1. The van der Waals surface area contributed by atoms with Crippen LogP contribution in [0.3, 0.4) is 0 Å². The Morgan fingerprint density at radius 2 is 1.84 bits per heavy atom. The highest BCUT2D eigenvalue weighted by molar-refractivity contribution is 5.96. The zero-order chi connectivity index (χ0) is 14.3. The second-order valence-corrected chi connectivity index (χ2v) is 4.68. The van der Waals surface area contributed by atoms with Gasteiger partial charge in [0.25, 0.3) is 0 Å². The number of nitrogens with two attached hydrogens (primary N) is 1. The van der Waals surface area contributed by atoms with Crippen LogP contribution in [0.1, 0.15) is 37.8 Å². The number of hydrogen-bond donors (Lipinski definition) is 4. The normalized spacial score (nSPS) is 12.7. The highest BCUT2D eigenvalue weighted by Gasteiger charge is 2.23. The van der Waals surface area contributed by atoms with Gasteiger partial charge in [0.15, 0.2) is 5.84 Å². The number of hydrogen-bond acceptors (Lipinski definition) is 4. The first-order valence-corrected chi connectivity index (χ1v) is 6.53. The van der Waals surface area contributed by atoms with Crippen LogP contribution >= 0.6 is 0 Å². The predicted octanol–water partition coefficient (Wildman–Crippen LogP) is 1.42. The minimum Gasteiger partial charge on any atom is -0.409 e. The average molecular weight is 265 g/mol. The average Bonchev–Trinajstić information content (AvgIpc) is 2.49. The molecule has 5 N–H and O–H groups in total. The van der Waals surface area contributed by atoms with Crippen LogP contribution in [-0.4, -0.2) is 28.3 Å². The van der Waals surface area contributed by atoms with E-state index in [-0.39, 0.29) is 18.0 Å². The summed E-state index contributed by atoms with van der Waals surface area (Å²) < 4.78 is 0. The first-order chi connectivity index (χ1) is 9.10. The smallest absolute Gasteiger partial charge is 0.170 e. The summed E-state index contributed by atoms with van der Waals surface area (Å²) in [4.78, 5) is 0. The molecular weight excluding hydrogens is 242 g/mol. The Morgan fingerprint density at radius 1 is 1.26 bits per heavy atom. The van der Waals surface area contributed by atoms with Crippen LogP contribution < -0.4 is 11.1 Å². The van der Waals surface area contributed by atoms with E-state index in [1.54, 1.807) is 0 Å². The molecule has 0 heterocycles. The summed E-state index contributed by atoms with van der Waals surface area (Å²) in [5.41, 5.74) is 7.06. The van der Waals surface area contributed by atoms with E-state index in [1.165, 1.54) is 0 Å². The molecule has 106 valence electrons. The Balaban J connectivity index is 2.68. The SMILES string of the molecule is CCC(CC)(CO)NCc1ccc(C(N)=NO)cc1. The first-order valence-electron chi connectivity index (χ1n) is 6.53. The molecule has 19 heavy (non-hydrogen) atoms. The Labute approximate surface area is 114 Å². The van der Waals surface area contributed by atoms with Crippen LogP contribution in [0.2, 0.25) is 0 Å². The lowest BCUT2D eigenvalue weighted by atomic mass is 9.93. The standard InChI is InChI=1S/C14H23N3O2/c1-3-14(4-2,10-18)16-9-11-5-7-12(8-6-11)13(15)17-19/h5-8,16,18-19H,3-4,9-10H2,1-2H3,(H2,15,17). The lowest BCUT2D eigenvalue weighted by molar-refractivity contribution is 0.149. The maximum absolute atomic E-state index is 9.48. The molecule has 0 fully saturated rings. The molecule has 0 radical (unpaired) electrons. The number of rotatable bonds is 7. The molecule has 0 amide bonds. The lowest BCUT2D eigenvalue weighted by Crippen LogP contribution is -2.47. The van der Waals surface area contributed by atoms with Crippen LogP contribution in [0.4, 0.5) is 0 Å². The van der Waals surface area contributed by atoms with Gasteiger partial charge in [-0.1, -0.05) is 43.3 Å². The second-order valence-electron chi connectivity index (χ2n) is 4.68. The van der Waals surface area contributed by atoms with Gasteiger partial charge < -0.3 is 21.4 Å². The largest absolute Gasteiger partial charge is 0.409 e. The summed E-state index contributed by atoms with van der Waals surface area (Å²) in [6, 6.07) is 7.47. The summed E-state index contributed by atoms with van der Waals surface area (Å²) in [5.74, 6) is 0.103. The number of oxime groups is 1. The van der Waals surface area contributed by atoms with Crippen LogP contribution in [-0.2, 0) is 6.54 Å². The fourth-order valence-corrected chi connectivity index (χ4v) is 1.92. The Bertz CT molecular complexity index is 403. The van der Waals surface area contributed by atoms with Gasteiger partial charge in [0, 0.05) is 17.6 Å². The van der Waals surface area contributed by atoms with Crippen molar-refractivity contribution in [1.82, 2.24) is 5.32 Å². The van der Waals surface area contributed by atoms with Gasteiger partial charge in [0.2, 0.25) is 0 Å². The molecule has 0 atom stereocenters. The fourth-order valence-electron chi connectivity index (χ4n) is 1.92. The van der Waals surface area contributed by atoms with E-state index in [1.807, 2.05) is 24.3 Å². The van der Waals surface area contributed by atoms with E-state index in [4.69, 9.17) is 10.9 Å². The van der Waals surface area contributed by atoms with Crippen molar-refractivity contribution in [3.8, 4) is 0 Å². The quantitative estimate of drug-likeness (QED) is 0.260. The first kappa shape index (κ1) is 15.5. The molecule has 1 aromatic carbocycles. The van der Waals surface area contributed by atoms with E-state index in [2.05, 4.69) is 24.3 Å². The third-order valence-corrected chi connectivity index (χ3v) is 3.68. The van der Waals surface area contributed by atoms with Gasteiger partial charge in [-0.15, -0.1) is 0 Å². The number of nitrogens with one attached hydrogen (secondary N) is 1. The van der Waals surface area contributed by atoms with Crippen molar-refractivity contribution < 1.29 is 10.3 Å². The van der Waals surface area contributed by atoms with E-state index in [9.17, 15) is 5.11 Å². The van der Waals surface area contributed by atoms with Gasteiger partial charge >= 0.3 is 0 Å². The molecule has 0 spiro atoms. The van der Waals surface area contributed by atoms with E-state index < -0.39 is 0 Å². The Morgan fingerprint density at radius 3 is 2.26 bits per heavy atom. The molecule has 0 aliphatic rings. The molecule has 5 heteroatoms. The molecule has 0 saturated carbocycles. The van der Waals surface area contributed by atoms with Crippen LogP contribution in [0.25, 0.3) is 0 Å². The van der Waals surface area contributed by atoms with Crippen molar-refractivity contribution in [3.05, 3.63) is 35.4 Å². The summed E-state index contributed by atoms with van der Waals surface area (Å²) in [7, 11) is 0. The number of aliphatic hydroxyl groups is 1. The maximum atomic E-state index is 9.48. The molecule has 5 nitrogen and oxygen atoms in total. The molecule has 1 rings (SSSR count). The van der Waals surface area contributed by atoms with E-state index in [0.717, 1.165) is 18.4 Å². The van der Waals surface area contributed by atoms with Gasteiger partial charge in [0.1, 0.15) is 0 Å². The van der Waals surface area contributed by atoms with Crippen LogP contribution in [0.5, 0.6) is 0 Å². The van der Waals surface area contributed by atoms with Crippen molar-refractivity contribution >= 4 is 5.84 Å². The lowest BCUT2D eigenvalue weighted by Gasteiger charge is -2.31. The molecule has 0 unspecified atom stereocenters. The predicted molar refractivity (Wildman–Crippen MR) is 76.2 cm³/mol. The zero-order valence-electron chi connectivity index (χ0n) is 11.6. The number of nitrogens with zero attached hydrogens (tertiary/aromatic N) is 1. The third kappa shape index (κ3) is 3.94. The van der Waals surface area contributed by atoms with Gasteiger partial charge in [-0.05, 0) is 18.4 Å². The van der Waals surface area contributed by atoms with Crippen molar-refractivity contribution in [2.45, 2.75) is 38.8 Å². The van der Waals surface area contributed by atoms with Gasteiger partial charge in [0.05, 0.1) is 6.61 Å². The molecule has 1 aromatic rings. The topological polar surface area (TPSA) is 90.9 Å². The molecule has 0 aliphatic heterocycles.